The Kier molecular flexibility index (Phi) is 4.89. The zero-order chi connectivity index (χ0) is 14.5. The molecule has 0 spiro atoms. The molecule has 3 N–H and O–H groups in total. The van der Waals surface area contributed by atoms with Crippen molar-refractivity contribution in [3.8, 4) is 0 Å². The van der Waals surface area contributed by atoms with Gasteiger partial charge in [-0.3, -0.25) is 11.3 Å². The van der Waals surface area contributed by atoms with E-state index in [9.17, 15) is 0 Å². The van der Waals surface area contributed by atoms with Crippen molar-refractivity contribution in [3.63, 3.8) is 0 Å². The lowest BCUT2D eigenvalue weighted by Gasteiger charge is -2.31. The van der Waals surface area contributed by atoms with Crippen LogP contribution in [-0.4, -0.2) is 6.04 Å². The van der Waals surface area contributed by atoms with Gasteiger partial charge in [0.25, 0.3) is 0 Å². The Labute approximate surface area is 128 Å². The van der Waals surface area contributed by atoms with E-state index in [1.165, 1.54) is 30.4 Å². The highest BCUT2D eigenvalue weighted by Crippen LogP contribution is 2.32. The van der Waals surface area contributed by atoms with Crippen LogP contribution in [-0.2, 0) is 0 Å². The summed E-state index contributed by atoms with van der Waals surface area (Å²) in [6.45, 7) is 0. The fourth-order valence-electron chi connectivity index (χ4n) is 3.70. The molecule has 0 aromatic heterocycles. The molecule has 0 aromatic carbocycles. The van der Waals surface area contributed by atoms with E-state index in [2.05, 4.69) is 54.0 Å². The molecule has 2 nitrogen and oxygen atoms in total. The van der Waals surface area contributed by atoms with E-state index >= 15 is 0 Å². The van der Waals surface area contributed by atoms with Gasteiger partial charge in [0.15, 0.2) is 0 Å². The number of hydrazine groups is 1. The topological polar surface area (TPSA) is 38.0 Å². The lowest BCUT2D eigenvalue weighted by molar-refractivity contribution is 0.409. The summed E-state index contributed by atoms with van der Waals surface area (Å²) in [5, 5.41) is 0. The molecule has 2 heteroatoms. The molecule has 3 aliphatic rings. The van der Waals surface area contributed by atoms with Crippen molar-refractivity contribution in [2.75, 3.05) is 0 Å². The minimum atomic E-state index is 0.299. The second-order valence-corrected chi connectivity index (χ2v) is 6.28. The van der Waals surface area contributed by atoms with Crippen molar-refractivity contribution in [2.45, 2.75) is 44.6 Å². The third-order valence-electron chi connectivity index (χ3n) is 4.87. The molecule has 3 rings (SSSR count). The largest absolute Gasteiger partial charge is 0.271 e. The number of rotatable bonds is 4. The van der Waals surface area contributed by atoms with Crippen LogP contribution in [0.5, 0.6) is 0 Å². The van der Waals surface area contributed by atoms with Gasteiger partial charge >= 0.3 is 0 Å². The van der Waals surface area contributed by atoms with E-state index in [0.717, 1.165) is 19.3 Å². The van der Waals surface area contributed by atoms with Gasteiger partial charge in [-0.05, 0) is 50.0 Å². The second kappa shape index (κ2) is 7.06. The minimum Gasteiger partial charge on any atom is -0.271 e. The predicted octanol–water partition coefficient (Wildman–Crippen LogP) is 3.95. The van der Waals surface area contributed by atoms with Crippen LogP contribution in [0, 0.1) is 11.8 Å². The maximum atomic E-state index is 5.89. The minimum absolute atomic E-state index is 0.299. The standard InChI is InChI=1S/C19H26N2/c20-21-19(16-10-5-2-6-11-16)18-13-7-12-17(14-18)15-8-3-1-4-9-15/h1,3-5,8,10,12,14-16,19,21H,2,6-7,9,11,13,20H2/t15?,16-,19?/m0/s1. The average molecular weight is 282 g/mol. The van der Waals surface area contributed by atoms with Crippen molar-refractivity contribution in [1.82, 2.24) is 5.43 Å². The van der Waals surface area contributed by atoms with Crippen LogP contribution < -0.4 is 11.3 Å². The summed E-state index contributed by atoms with van der Waals surface area (Å²) >= 11 is 0. The first kappa shape index (κ1) is 14.6. The monoisotopic (exact) mass is 282 g/mol. The van der Waals surface area contributed by atoms with Crippen molar-refractivity contribution in [3.05, 3.63) is 59.8 Å². The first-order valence-corrected chi connectivity index (χ1v) is 8.25. The highest BCUT2D eigenvalue weighted by molar-refractivity contribution is 5.37. The highest BCUT2D eigenvalue weighted by atomic mass is 15.2. The van der Waals surface area contributed by atoms with Gasteiger partial charge in [0.1, 0.15) is 0 Å². The SMILES string of the molecule is NNC(C1=CC(C2C=CC=CC2)=CCC1)[C@H]1C=CCCC1. The third kappa shape index (κ3) is 3.45. The summed E-state index contributed by atoms with van der Waals surface area (Å²) in [6, 6.07) is 0.299. The molecule has 0 aromatic rings. The Hall–Kier alpha value is -1.38. The van der Waals surface area contributed by atoms with Crippen LogP contribution in [0.4, 0.5) is 0 Å². The van der Waals surface area contributed by atoms with Gasteiger partial charge in [0.2, 0.25) is 0 Å². The average Bonchev–Trinajstić information content (AvgIpc) is 2.58. The van der Waals surface area contributed by atoms with Gasteiger partial charge in [-0.15, -0.1) is 0 Å². The Morgan fingerprint density at radius 1 is 1.14 bits per heavy atom. The fourth-order valence-corrected chi connectivity index (χ4v) is 3.70. The smallest absolute Gasteiger partial charge is 0.0485 e. The molecule has 0 amide bonds. The van der Waals surface area contributed by atoms with E-state index in [0.29, 0.717) is 17.9 Å². The molecule has 21 heavy (non-hydrogen) atoms. The van der Waals surface area contributed by atoms with Gasteiger partial charge < -0.3 is 0 Å². The van der Waals surface area contributed by atoms with Gasteiger partial charge in [0.05, 0.1) is 0 Å². The third-order valence-corrected chi connectivity index (χ3v) is 4.87. The number of nitrogens with two attached hydrogens (primary N) is 1. The van der Waals surface area contributed by atoms with E-state index in [-0.39, 0.29) is 0 Å². The summed E-state index contributed by atoms with van der Waals surface area (Å²) in [5.41, 5.74) is 6.04. The lowest BCUT2D eigenvalue weighted by atomic mass is 9.80. The maximum Gasteiger partial charge on any atom is 0.0485 e. The summed E-state index contributed by atoms with van der Waals surface area (Å²) in [5.74, 6) is 6.99. The van der Waals surface area contributed by atoms with Gasteiger partial charge in [-0.1, -0.05) is 54.2 Å². The van der Waals surface area contributed by atoms with Gasteiger partial charge in [-0.2, -0.15) is 0 Å². The van der Waals surface area contributed by atoms with Crippen molar-refractivity contribution < 1.29 is 0 Å². The predicted molar refractivity (Wildman–Crippen MR) is 89.4 cm³/mol. The van der Waals surface area contributed by atoms with Crippen LogP contribution in [0.2, 0.25) is 0 Å². The molecule has 0 aliphatic heterocycles. The molecule has 112 valence electrons. The normalized spacial score (nSPS) is 30.0. The van der Waals surface area contributed by atoms with Crippen LogP contribution in [0.1, 0.15) is 38.5 Å². The molecule has 0 bridgehead atoms. The number of allylic oxidation sites excluding steroid dienone is 8. The van der Waals surface area contributed by atoms with Gasteiger partial charge in [-0.25, -0.2) is 0 Å². The summed E-state index contributed by atoms with van der Waals surface area (Å²) in [6.07, 6.45) is 25.5. The highest BCUT2D eigenvalue weighted by Gasteiger charge is 2.25. The molecular formula is C19H26N2. The zero-order valence-electron chi connectivity index (χ0n) is 12.7. The Balaban J connectivity index is 1.76. The first-order chi connectivity index (χ1) is 10.4. The van der Waals surface area contributed by atoms with Crippen molar-refractivity contribution in [1.29, 1.82) is 0 Å². The first-order valence-electron chi connectivity index (χ1n) is 8.25. The van der Waals surface area contributed by atoms with Crippen LogP contribution >= 0.6 is 0 Å². The van der Waals surface area contributed by atoms with E-state index in [4.69, 9.17) is 5.84 Å². The number of nitrogens with one attached hydrogen (secondary N) is 1. The molecule has 3 aliphatic carbocycles. The van der Waals surface area contributed by atoms with Gasteiger partial charge in [0, 0.05) is 12.0 Å². The molecule has 0 heterocycles. The lowest BCUT2D eigenvalue weighted by Crippen LogP contribution is -2.42. The number of hydrogen-bond donors (Lipinski definition) is 2. The summed E-state index contributed by atoms with van der Waals surface area (Å²) in [4.78, 5) is 0. The zero-order valence-corrected chi connectivity index (χ0v) is 12.7. The van der Waals surface area contributed by atoms with Crippen LogP contribution in [0.25, 0.3) is 0 Å². The Morgan fingerprint density at radius 3 is 2.81 bits per heavy atom. The van der Waals surface area contributed by atoms with Crippen molar-refractivity contribution in [2.24, 2.45) is 17.7 Å². The Bertz CT molecular complexity index is 508. The molecule has 0 fully saturated rings. The second-order valence-electron chi connectivity index (χ2n) is 6.28. The molecule has 0 saturated carbocycles. The van der Waals surface area contributed by atoms with E-state index in [1.54, 1.807) is 0 Å². The van der Waals surface area contributed by atoms with E-state index in [1.807, 2.05) is 0 Å². The van der Waals surface area contributed by atoms with Crippen molar-refractivity contribution >= 4 is 0 Å². The molecule has 2 unspecified atom stereocenters. The fraction of sp³-hybridized carbons (Fsp3) is 0.474. The molecule has 3 atom stereocenters. The maximum absolute atomic E-state index is 5.89. The quantitative estimate of drug-likeness (QED) is 0.465. The summed E-state index contributed by atoms with van der Waals surface area (Å²) < 4.78 is 0. The summed E-state index contributed by atoms with van der Waals surface area (Å²) in [7, 11) is 0. The molecule has 0 radical (unpaired) electrons. The number of hydrogen-bond acceptors (Lipinski definition) is 2. The molecule has 0 saturated heterocycles. The van der Waals surface area contributed by atoms with Crippen LogP contribution in [0.15, 0.2) is 59.8 Å². The Morgan fingerprint density at radius 2 is 2.10 bits per heavy atom. The van der Waals surface area contributed by atoms with Crippen LogP contribution in [0.3, 0.4) is 0 Å². The van der Waals surface area contributed by atoms with E-state index < -0.39 is 0 Å². The molecular weight excluding hydrogens is 256 g/mol.